The molecule has 0 spiro atoms. The summed E-state index contributed by atoms with van der Waals surface area (Å²) in [6, 6.07) is 10.7. The second kappa shape index (κ2) is 10.2. The van der Waals surface area contributed by atoms with E-state index in [0.29, 0.717) is 25.2 Å². The summed E-state index contributed by atoms with van der Waals surface area (Å²) in [4.78, 5) is 30.0. The molecule has 6 rings (SSSR count). The highest BCUT2D eigenvalue weighted by molar-refractivity contribution is 5.97. The van der Waals surface area contributed by atoms with Crippen LogP contribution in [0, 0.1) is 5.82 Å². The van der Waals surface area contributed by atoms with Gasteiger partial charge in [0, 0.05) is 43.2 Å². The number of carbonyl (C=O) groups excluding carboxylic acids is 2. The molecule has 0 bridgehead atoms. The summed E-state index contributed by atoms with van der Waals surface area (Å²) in [5, 5.41) is 0.999. The van der Waals surface area contributed by atoms with Gasteiger partial charge in [-0.05, 0) is 86.6 Å². The van der Waals surface area contributed by atoms with Gasteiger partial charge in [-0.25, -0.2) is 9.18 Å². The Morgan fingerprint density at radius 3 is 2.63 bits per heavy atom. The average Bonchev–Trinajstić information content (AvgIpc) is 3.57. The molecule has 7 heteroatoms. The number of nitrogens with zero attached hydrogens (tertiary/aromatic N) is 3. The molecule has 6 nitrogen and oxygen atoms in total. The molecule has 1 aromatic heterocycles. The number of likely N-dealkylation sites (tertiary alicyclic amines) is 1. The number of rotatable bonds is 3. The van der Waals surface area contributed by atoms with Gasteiger partial charge in [0.2, 0.25) is 5.91 Å². The van der Waals surface area contributed by atoms with Crippen LogP contribution in [-0.4, -0.2) is 59.5 Å². The van der Waals surface area contributed by atoms with Crippen LogP contribution in [0.5, 0.6) is 0 Å². The predicted molar refractivity (Wildman–Crippen MR) is 146 cm³/mol. The maximum Gasteiger partial charge on any atom is 0.337 e. The van der Waals surface area contributed by atoms with Gasteiger partial charge < -0.3 is 14.2 Å². The number of hydrogen-bond donors (Lipinski definition) is 0. The smallest absolute Gasteiger partial charge is 0.337 e. The third-order valence-corrected chi connectivity index (χ3v) is 8.76. The van der Waals surface area contributed by atoms with E-state index in [4.69, 9.17) is 6.11 Å². The largest absolute Gasteiger partial charge is 0.465 e. The first kappa shape index (κ1) is 23.9. The number of fused-ring (bicyclic) bond motifs is 5. The number of halogens is 1. The zero-order valence-electron chi connectivity index (χ0n) is 23.0. The Balaban J connectivity index is 1.52. The van der Waals surface area contributed by atoms with Gasteiger partial charge >= 0.3 is 5.97 Å². The first-order valence-corrected chi connectivity index (χ1v) is 13.8. The Morgan fingerprint density at radius 1 is 1.00 bits per heavy atom. The minimum absolute atomic E-state index is 0.0179. The van der Waals surface area contributed by atoms with E-state index >= 15 is 4.39 Å². The average molecular weight is 519 g/mol. The molecule has 1 saturated carbocycles. The molecule has 1 amide bonds. The Kier molecular flexibility index (Phi) is 6.40. The zero-order chi connectivity index (χ0) is 27.1. The lowest BCUT2D eigenvalue weighted by atomic mass is 9.80. The van der Waals surface area contributed by atoms with Crippen molar-refractivity contribution in [1.29, 1.82) is 0 Å². The van der Waals surface area contributed by atoms with E-state index in [9.17, 15) is 9.59 Å². The molecular formula is C31H36FN3O3. The van der Waals surface area contributed by atoms with Crippen molar-refractivity contribution in [1.82, 2.24) is 14.4 Å². The fraction of sp³-hybridized carbons (Fsp3) is 0.484. The van der Waals surface area contributed by atoms with Crippen LogP contribution < -0.4 is 0 Å². The molecule has 3 heterocycles. The van der Waals surface area contributed by atoms with Crippen LogP contribution in [0.3, 0.4) is 0 Å². The molecule has 2 fully saturated rings. The SMILES string of the molecule is [2H]CN1CCC[C@H]1C(=O)N1CCn2c(cc3ccc(C(=O)OC)cc32)-c2c(cc(F)cc2C2CCCCC2)C1. The highest BCUT2D eigenvalue weighted by Gasteiger charge is 2.34. The van der Waals surface area contributed by atoms with Crippen molar-refractivity contribution in [3.05, 3.63) is 58.9 Å². The maximum atomic E-state index is 15.3. The summed E-state index contributed by atoms with van der Waals surface area (Å²) in [5.41, 5.74) is 5.29. The van der Waals surface area contributed by atoms with E-state index in [-0.39, 0.29) is 30.7 Å². The van der Waals surface area contributed by atoms with E-state index in [1.54, 1.807) is 18.2 Å². The van der Waals surface area contributed by atoms with E-state index < -0.39 is 5.97 Å². The summed E-state index contributed by atoms with van der Waals surface area (Å²) in [6.07, 6.45) is 7.20. The van der Waals surface area contributed by atoms with E-state index in [2.05, 4.69) is 10.6 Å². The van der Waals surface area contributed by atoms with Crippen LogP contribution in [0.2, 0.25) is 0 Å². The lowest BCUT2D eigenvalue weighted by Gasteiger charge is -2.33. The number of esters is 1. The molecular weight excluding hydrogens is 481 g/mol. The number of amides is 1. The van der Waals surface area contributed by atoms with Gasteiger partial charge in [-0.15, -0.1) is 0 Å². The standard InChI is InChI=1S/C31H36FN3O3/c1-33-12-6-9-26(33)30(36)34-13-14-35-27-17-22(31(37)38-2)11-10-21(27)16-28(35)29-23(19-34)15-24(32)18-25(29)20-7-4-3-5-8-20/h10-11,15-18,20,26H,3-9,12-14,19H2,1-2H3/t26-/m0/s1/i1D. The molecule has 0 radical (unpaired) electrons. The number of likely N-dealkylation sites (N-methyl/N-ethyl adjacent to an activating group) is 1. The zero-order valence-corrected chi connectivity index (χ0v) is 22.0. The number of aromatic nitrogens is 1. The van der Waals surface area contributed by atoms with E-state index in [1.807, 2.05) is 21.9 Å². The highest BCUT2D eigenvalue weighted by atomic mass is 19.1. The Morgan fingerprint density at radius 2 is 1.84 bits per heavy atom. The summed E-state index contributed by atoms with van der Waals surface area (Å²) >= 11 is 0. The number of ether oxygens (including phenoxy) is 1. The Labute approximate surface area is 224 Å². The predicted octanol–water partition coefficient (Wildman–Crippen LogP) is 5.72. The number of benzene rings is 2. The van der Waals surface area contributed by atoms with E-state index in [1.165, 1.54) is 13.5 Å². The molecule has 0 unspecified atom stereocenters. The Bertz CT molecular complexity index is 1410. The maximum absolute atomic E-state index is 15.3. The van der Waals surface area contributed by atoms with Crippen LogP contribution in [0.25, 0.3) is 22.2 Å². The van der Waals surface area contributed by atoms with Crippen LogP contribution >= 0.6 is 0 Å². The Hall–Kier alpha value is -3.19. The van der Waals surface area contributed by atoms with Gasteiger partial charge in [0.15, 0.2) is 0 Å². The van der Waals surface area contributed by atoms with Gasteiger partial charge in [-0.2, -0.15) is 0 Å². The summed E-state index contributed by atoms with van der Waals surface area (Å²) in [7, 11) is 1.48. The van der Waals surface area contributed by atoms with Gasteiger partial charge in [0.1, 0.15) is 5.82 Å². The number of hydrogen-bond acceptors (Lipinski definition) is 4. The molecule has 0 N–H and O–H groups in total. The van der Waals surface area contributed by atoms with Gasteiger partial charge in [0.25, 0.3) is 0 Å². The molecule has 3 aliphatic rings. The number of methoxy groups -OCH3 is 1. The fourth-order valence-electron chi connectivity index (χ4n) is 6.82. The third-order valence-electron chi connectivity index (χ3n) is 8.76. The van der Waals surface area contributed by atoms with Crippen LogP contribution in [0.1, 0.15) is 73.7 Å². The quantitative estimate of drug-likeness (QED) is 0.417. The first-order valence-electron chi connectivity index (χ1n) is 14.6. The summed E-state index contributed by atoms with van der Waals surface area (Å²) < 4.78 is 30.3. The lowest BCUT2D eigenvalue weighted by molar-refractivity contribution is -0.136. The molecule has 1 saturated heterocycles. The highest BCUT2D eigenvalue weighted by Crippen LogP contribution is 2.43. The summed E-state index contributed by atoms with van der Waals surface area (Å²) in [6.45, 7) is 2.13. The van der Waals surface area contributed by atoms with Crippen LogP contribution in [0.4, 0.5) is 4.39 Å². The first-order chi connectivity index (χ1) is 19.0. The van der Waals surface area contributed by atoms with Gasteiger partial charge in [-0.1, -0.05) is 25.3 Å². The van der Waals surface area contributed by atoms with Crippen molar-refractivity contribution in [2.24, 2.45) is 0 Å². The monoisotopic (exact) mass is 518 g/mol. The number of carbonyl (C=O) groups is 2. The molecule has 2 aromatic carbocycles. The van der Waals surface area contributed by atoms with Crippen LogP contribution in [0.15, 0.2) is 36.4 Å². The molecule has 1 atom stereocenters. The summed E-state index contributed by atoms with van der Waals surface area (Å²) in [5.74, 6) is -0.356. The second-order valence-electron chi connectivity index (χ2n) is 11.0. The van der Waals surface area contributed by atoms with Crippen molar-refractivity contribution >= 4 is 22.8 Å². The normalized spacial score (nSPS) is 20.9. The second-order valence-corrected chi connectivity index (χ2v) is 11.0. The van der Waals surface area contributed by atoms with Crippen LogP contribution in [-0.2, 0) is 22.6 Å². The van der Waals surface area contributed by atoms with Crippen molar-refractivity contribution in [3.8, 4) is 11.3 Å². The minimum Gasteiger partial charge on any atom is -0.465 e. The van der Waals surface area contributed by atoms with Crippen molar-refractivity contribution in [3.63, 3.8) is 0 Å². The third kappa shape index (κ3) is 4.41. The lowest BCUT2D eigenvalue weighted by Crippen LogP contribution is -2.45. The minimum atomic E-state index is -0.391. The van der Waals surface area contributed by atoms with E-state index in [0.717, 1.165) is 78.4 Å². The van der Waals surface area contributed by atoms with Crippen molar-refractivity contribution < 1.29 is 20.1 Å². The molecule has 200 valence electrons. The van der Waals surface area contributed by atoms with Gasteiger partial charge in [0.05, 0.1) is 18.7 Å². The van der Waals surface area contributed by atoms with Crippen molar-refractivity contribution in [2.45, 2.75) is 70.0 Å². The fourth-order valence-corrected chi connectivity index (χ4v) is 6.82. The van der Waals surface area contributed by atoms with Crippen molar-refractivity contribution in [2.75, 3.05) is 27.2 Å². The molecule has 3 aromatic rings. The topological polar surface area (TPSA) is 54.8 Å². The van der Waals surface area contributed by atoms with Gasteiger partial charge in [-0.3, -0.25) is 9.69 Å². The molecule has 38 heavy (non-hydrogen) atoms. The molecule has 2 aliphatic heterocycles. The molecule has 1 aliphatic carbocycles.